The van der Waals surface area contributed by atoms with Gasteiger partial charge in [-0.1, -0.05) is 12.1 Å². The Morgan fingerprint density at radius 3 is 2.39 bits per heavy atom. The van der Waals surface area contributed by atoms with E-state index in [0.29, 0.717) is 26.2 Å². The van der Waals surface area contributed by atoms with Gasteiger partial charge in [-0.2, -0.15) is 13.2 Å². The van der Waals surface area contributed by atoms with Gasteiger partial charge in [-0.3, -0.25) is 4.90 Å². The molecule has 2 rings (SSSR count). The third kappa shape index (κ3) is 3.00. The van der Waals surface area contributed by atoms with Crippen LogP contribution in [-0.4, -0.2) is 37.3 Å². The lowest BCUT2D eigenvalue weighted by Gasteiger charge is -2.36. The molecule has 0 spiro atoms. The van der Waals surface area contributed by atoms with E-state index in [2.05, 4.69) is 5.32 Å². The van der Waals surface area contributed by atoms with Crippen molar-refractivity contribution in [1.82, 2.24) is 10.2 Å². The number of rotatable bonds is 2. The Bertz CT molecular complexity index is 399. The lowest BCUT2D eigenvalue weighted by atomic mass is 10.0. The maximum Gasteiger partial charge on any atom is 0.408 e. The van der Waals surface area contributed by atoms with Crippen molar-refractivity contribution >= 4 is 0 Å². The number of piperazine rings is 1. The summed E-state index contributed by atoms with van der Waals surface area (Å²) < 4.78 is 52.5. The average molecular weight is 262 g/mol. The second kappa shape index (κ2) is 5.24. The number of hydrogen-bond acceptors (Lipinski definition) is 2. The van der Waals surface area contributed by atoms with Crippen LogP contribution >= 0.6 is 0 Å². The van der Waals surface area contributed by atoms with Gasteiger partial charge in [-0.25, -0.2) is 4.39 Å². The van der Waals surface area contributed by atoms with Crippen molar-refractivity contribution in [3.8, 4) is 0 Å². The van der Waals surface area contributed by atoms with Gasteiger partial charge in [0, 0.05) is 26.2 Å². The summed E-state index contributed by atoms with van der Waals surface area (Å²) in [7, 11) is 0. The predicted molar refractivity (Wildman–Crippen MR) is 59.6 cm³/mol. The predicted octanol–water partition coefficient (Wildman–Crippen LogP) is 2.33. The van der Waals surface area contributed by atoms with Crippen LogP contribution in [0.2, 0.25) is 0 Å². The monoisotopic (exact) mass is 262 g/mol. The molecule has 1 saturated heterocycles. The van der Waals surface area contributed by atoms with Crippen LogP contribution in [0.25, 0.3) is 0 Å². The molecule has 1 aromatic rings. The highest BCUT2D eigenvalue weighted by atomic mass is 19.4. The van der Waals surface area contributed by atoms with Crippen LogP contribution in [0.3, 0.4) is 0 Å². The normalized spacial score (nSPS) is 19.8. The Morgan fingerprint density at radius 1 is 1.17 bits per heavy atom. The van der Waals surface area contributed by atoms with E-state index in [1.165, 1.54) is 17.0 Å². The molecule has 0 radical (unpaired) electrons. The number of nitrogens with zero attached hydrogens (tertiary/aromatic N) is 1. The molecule has 1 fully saturated rings. The Kier molecular flexibility index (Phi) is 3.87. The molecule has 0 bridgehead atoms. The van der Waals surface area contributed by atoms with Gasteiger partial charge >= 0.3 is 6.18 Å². The quantitative estimate of drug-likeness (QED) is 0.823. The zero-order chi connectivity index (χ0) is 13.2. The van der Waals surface area contributed by atoms with E-state index in [1.807, 2.05) is 0 Å². The summed E-state index contributed by atoms with van der Waals surface area (Å²) in [6.45, 7) is 1.64. The molecule has 1 aliphatic rings. The topological polar surface area (TPSA) is 15.3 Å². The molecule has 1 heterocycles. The van der Waals surface area contributed by atoms with E-state index < -0.39 is 18.0 Å². The number of nitrogens with one attached hydrogen (secondary N) is 1. The van der Waals surface area contributed by atoms with Crippen molar-refractivity contribution in [1.29, 1.82) is 0 Å². The molecule has 6 heteroatoms. The maximum absolute atomic E-state index is 13.1. The summed E-state index contributed by atoms with van der Waals surface area (Å²) in [5.41, 5.74) is -0.0376. The van der Waals surface area contributed by atoms with Crippen molar-refractivity contribution in [2.45, 2.75) is 12.2 Å². The smallest absolute Gasteiger partial charge is 0.314 e. The Balaban J connectivity index is 2.30. The van der Waals surface area contributed by atoms with E-state index in [1.54, 1.807) is 0 Å². The fraction of sp³-hybridized carbons (Fsp3) is 0.500. The Hall–Kier alpha value is -1.14. The summed E-state index contributed by atoms with van der Waals surface area (Å²) in [5, 5.41) is 3.00. The standard InChI is InChI=1S/C12H14F4N2/c13-10-3-1-2-9(8-10)11(12(14,15)16)18-6-4-17-5-7-18/h1-3,8,11,17H,4-7H2/t11-/m0/s1. The first-order valence-corrected chi connectivity index (χ1v) is 5.75. The molecular formula is C12H14F4N2. The zero-order valence-corrected chi connectivity index (χ0v) is 9.67. The van der Waals surface area contributed by atoms with E-state index in [0.717, 1.165) is 12.1 Å². The molecule has 1 aliphatic heterocycles. The molecule has 1 atom stereocenters. The van der Waals surface area contributed by atoms with Crippen LogP contribution in [-0.2, 0) is 0 Å². The van der Waals surface area contributed by atoms with E-state index in [9.17, 15) is 17.6 Å². The van der Waals surface area contributed by atoms with Crippen LogP contribution in [0.1, 0.15) is 11.6 Å². The Labute approximate surface area is 103 Å². The van der Waals surface area contributed by atoms with Crippen molar-refractivity contribution in [3.63, 3.8) is 0 Å². The van der Waals surface area contributed by atoms with Crippen LogP contribution in [0, 0.1) is 5.82 Å². The molecule has 0 unspecified atom stereocenters. The van der Waals surface area contributed by atoms with E-state index in [-0.39, 0.29) is 5.56 Å². The highest BCUT2D eigenvalue weighted by Crippen LogP contribution is 2.37. The first-order chi connectivity index (χ1) is 8.48. The third-order valence-corrected chi connectivity index (χ3v) is 2.99. The molecule has 0 aliphatic carbocycles. The summed E-state index contributed by atoms with van der Waals surface area (Å²) in [6, 6.07) is 3.01. The third-order valence-electron chi connectivity index (χ3n) is 2.99. The Morgan fingerprint density at radius 2 is 1.83 bits per heavy atom. The first-order valence-electron chi connectivity index (χ1n) is 5.75. The first kappa shape index (κ1) is 13.3. The van der Waals surface area contributed by atoms with Crippen LogP contribution < -0.4 is 5.32 Å². The van der Waals surface area contributed by atoms with E-state index in [4.69, 9.17) is 0 Å². The maximum atomic E-state index is 13.1. The molecule has 1 aromatic carbocycles. The molecule has 100 valence electrons. The lowest BCUT2D eigenvalue weighted by molar-refractivity contribution is -0.187. The summed E-state index contributed by atoms with van der Waals surface area (Å²) in [4.78, 5) is 1.34. The molecule has 18 heavy (non-hydrogen) atoms. The lowest BCUT2D eigenvalue weighted by Crippen LogP contribution is -2.49. The SMILES string of the molecule is Fc1cccc([C@H](N2CCNCC2)C(F)(F)F)c1. The minimum absolute atomic E-state index is 0.0376. The fourth-order valence-electron chi connectivity index (χ4n) is 2.22. The molecule has 0 saturated carbocycles. The van der Waals surface area contributed by atoms with E-state index >= 15 is 0 Å². The molecule has 1 N–H and O–H groups in total. The minimum atomic E-state index is -4.40. The summed E-state index contributed by atoms with van der Waals surface area (Å²) in [6.07, 6.45) is -4.40. The van der Waals surface area contributed by atoms with Gasteiger partial charge in [0.1, 0.15) is 11.9 Å². The highest BCUT2D eigenvalue weighted by molar-refractivity contribution is 5.22. The average Bonchev–Trinajstić information content (AvgIpc) is 2.28. The van der Waals surface area contributed by atoms with Crippen molar-refractivity contribution in [2.75, 3.05) is 26.2 Å². The van der Waals surface area contributed by atoms with Crippen LogP contribution in [0.4, 0.5) is 17.6 Å². The van der Waals surface area contributed by atoms with Gasteiger partial charge in [0.05, 0.1) is 0 Å². The second-order valence-electron chi connectivity index (χ2n) is 4.29. The largest absolute Gasteiger partial charge is 0.408 e. The van der Waals surface area contributed by atoms with Gasteiger partial charge in [0.15, 0.2) is 0 Å². The number of benzene rings is 1. The second-order valence-corrected chi connectivity index (χ2v) is 4.29. The van der Waals surface area contributed by atoms with Crippen molar-refractivity contribution < 1.29 is 17.6 Å². The van der Waals surface area contributed by atoms with Gasteiger partial charge < -0.3 is 5.32 Å². The van der Waals surface area contributed by atoms with Crippen molar-refractivity contribution in [3.05, 3.63) is 35.6 Å². The van der Waals surface area contributed by atoms with Gasteiger partial charge in [0.2, 0.25) is 0 Å². The zero-order valence-electron chi connectivity index (χ0n) is 9.67. The number of halogens is 4. The molecule has 0 amide bonds. The van der Waals surface area contributed by atoms with Crippen LogP contribution in [0.5, 0.6) is 0 Å². The number of hydrogen-bond donors (Lipinski definition) is 1. The molecule has 2 nitrogen and oxygen atoms in total. The van der Waals surface area contributed by atoms with Crippen LogP contribution in [0.15, 0.2) is 24.3 Å². The van der Waals surface area contributed by atoms with Gasteiger partial charge in [0.25, 0.3) is 0 Å². The minimum Gasteiger partial charge on any atom is -0.314 e. The summed E-state index contributed by atoms with van der Waals surface area (Å²) in [5.74, 6) is -0.642. The van der Waals surface area contributed by atoms with Crippen molar-refractivity contribution in [2.24, 2.45) is 0 Å². The highest BCUT2D eigenvalue weighted by Gasteiger charge is 2.44. The molecular weight excluding hydrogens is 248 g/mol. The molecule has 0 aromatic heterocycles. The summed E-state index contributed by atoms with van der Waals surface area (Å²) >= 11 is 0. The van der Waals surface area contributed by atoms with Gasteiger partial charge in [-0.15, -0.1) is 0 Å². The fourth-order valence-corrected chi connectivity index (χ4v) is 2.22. The number of alkyl halides is 3. The van der Waals surface area contributed by atoms with Gasteiger partial charge in [-0.05, 0) is 17.7 Å².